The van der Waals surface area contributed by atoms with Gasteiger partial charge in [0.25, 0.3) is 5.56 Å². The van der Waals surface area contributed by atoms with E-state index in [1.807, 2.05) is 6.92 Å². The molecule has 0 radical (unpaired) electrons. The first-order chi connectivity index (χ1) is 13.7. The molecule has 29 heavy (non-hydrogen) atoms. The van der Waals surface area contributed by atoms with Crippen LogP contribution in [0, 0.1) is 19.7 Å². The molecule has 0 saturated heterocycles. The van der Waals surface area contributed by atoms with Crippen molar-refractivity contribution in [1.29, 1.82) is 0 Å². The molecule has 6 nitrogen and oxygen atoms in total. The summed E-state index contributed by atoms with van der Waals surface area (Å²) in [5, 5.41) is 10.9. The zero-order chi connectivity index (χ0) is 21.1. The standard InChI is InChI=1S/C22H23FN2O4/c1-5-22(28)16-8-19-13(4)24-18-9-17(23)11(2)14(12(18)3)6-7-25(19)20(26)15(16)10-29-21(22)27/h8-9,28H,5-7,10H2,1-4H3/b24-13+/t22-/m0/s1. The second-order valence-corrected chi connectivity index (χ2v) is 7.72. The van der Waals surface area contributed by atoms with Crippen molar-refractivity contribution in [1.82, 2.24) is 4.57 Å². The number of aliphatic hydroxyl groups is 1. The monoisotopic (exact) mass is 398 g/mol. The average molecular weight is 398 g/mol. The molecular weight excluding hydrogens is 375 g/mol. The quantitative estimate of drug-likeness (QED) is 0.749. The van der Waals surface area contributed by atoms with Gasteiger partial charge in [-0.15, -0.1) is 0 Å². The van der Waals surface area contributed by atoms with Crippen LogP contribution in [0.5, 0.6) is 0 Å². The van der Waals surface area contributed by atoms with Crippen molar-refractivity contribution in [3.8, 4) is 0 Å². The number of fused-ring (bicyclic) bond motifs is 4. The van der Waals surface area contributed by atoms with Gasteiger partial charge in [-0.1, -0.05) is 6.92 Å². The molecule has 3 heterocycles. The number of rotatable bonds is 1. The molecule has 152 valence electrons. The minimum atomic E-state index is -1.86. The molecule has 0 spiro atoms. The van der Waals surface area contributed by atoms with E-state index in [2.05, 4.69) is 4.99 Å². The van der Waals surface area contributed by atoms with E-state index < -0.39 is 11.6 Å². The Kier molecular flexibility index (Phi) is 4.46. The van der Waals surface area contributed by atoms with Crippen LogP contribution in [0.4, 0.5) is 10.1 Å². The van der Waals surface area contributed by atoms with Gasteiger partial charge in [-0.05, 0) is 56.4 Å². The third-order valence-electron chi connectivity index (χ3n) is 6.20. The van der Waals surface area contributed by atoms with Gasteiger partial charge < -0.3 is 14.4 Å². The number of halogens is 1. The summed E-state index contributed by atoms with van der Waals surface area (Å²) in [6.07, 6.45) is 0.553. The Labute approximate surface area is 167 Å². The first-order valence-electron chi connectivity index (χ1n) is 9.70. The highest BCUT2D eigenvalue weighted by atomic mass is 19.1. The van der Waals surface area contributed by atoms with Crippen molar-refractivity contribution in [2.24, 2.45) is 4.99 Å². The number of pyridine rings is 1. The lowest BCUT2D eigenvalue weighted by molar-refractivity contribution is -0.172. The van der Waals surface area contributed by atoms with Crippen LogP contribution in [-0.2, 0) is 34.7 Å². The van der Waals surface area contributed by atoms with Gasteiger partial charge in [-0.3, -0.25) is 9.79 Å². The Morgan fingerprint density at radius 3 is 2.62 bits per heavy atom. The van der Waals surface area contributed by atoms with E-state index in [0.29, 0.717) is 35.6 Å². The number of ether oxygens (including phenoxy) is 1. The zero-order valence-corrected chi connectivity index (χ0v) is 16.9. The molecule has 7 heteroatoms. The summed E-state index contributed by atoms with van der Waals surface area (Å²) in [6, 6.07) is 3.07. The number of aromatic nitrogens is 1. The lowest BCUT2D eigenvalue weighted by Gasteiger charge is -2.32. The molecule has 0 saturated carbocycles. The third-order valence-corrected chi connectivity index (χ3v) is 6.20. The largest absolute Gasteiger partial charge is 0.458 e. The molecule has 2 aromatic rings. The second kappa shape index (κ2) is 6.62. The fraction of sp³-hybridized carbons (Fsp3) is 0.409. The molecule has 2 aliphatic rings. The van der Waals surface area contributed by atoms with Crippen molar-refractivity contribution >= 4 is 17.4 Å². The van der Waals surface area contributed by atoms with Crippen molar-refractivity contribution in [2.45, 2.75) is 59.3 Å². The van der Waals surface area contributed by atoms with E-state index in [4.69, 9.17) is 4.74 Å². The van der Waals surface area contributed by atoms with Crippen molar-refractivity contribution in [3.63, 3.8) is 0 Å². The van der Waals surface area contributed by atoms with Gasteiger partial charge in [0.2, 0.25) is 0 Å². The summed E-state index contributed by atoms with van der Waals surface area (Å²) < 4.78 is 21.1. The number of hydrogen-bond acceptors (Lipinski definition) is 5. The van der Waals surface area contributed by atoms with Gasteiger partial charge in [-0.25, -0.2) is 9.18 Å². The van der Waals surface area contributed by atoms with Crippen LogP contribution >= 0.6 is 0 Å². The van der Waals surface area contributed by atoms with E-state index in [-0.39, 0.29) is 35.5 Å². The van der Waals surface area contributed by atoms with Crippen molar-refractivity contribution in [3.05, 3.63) is 61.8 Å². The predicted octanol–water partition coefficient (Wildman–Crippen LogP) is 2.96. The summed E-state index contributed by atoms with van der Waals surface area (Å²) in [7, 11) is 0. The Morgan fingerprint density at radius 1 is 1.21 bits per heavy atom. The first-order valence-corrected chi connectivity index (χ1v) is 9.70. The molecule has 1 atom stereocenters. The van der Waals surface area contributed by atoms with Gasteiger partial charge in [0, 0.05) is 18.2 Å². The Bertz CT molecular complexity index is 1150. The Balaban J connectivity index is 2.01. The minimum absolute atomic E-state index is 0.0855. The fourth-order valence-corrected chi connectivity index (χ4v) is 4.29. The highest BCUT2D eigenvalue weighted by Gasteiger charge is 2.44. The Morgan fingerprint density at radius 2 is 1.93 bits per heavy atom. The summed E-state index contributed by atoms with van der Waals surface area (Å²) in [5.74, 6) is -1.08. The highest BCUT2D eigenvalue weighted by Crippen LogP contribution is 2.35. The number of carbonyl (C=O) groups is 1. The molecule has 0 aliphatic carbocycles. The lowest BCUT2D eigenvalue weighted by atomic mass is 9.85. The fourth-order valence-electron chi connectivity index (χ4n) is 4.29. The highest BCUT2D eigenvalue weighted by molar-refractivity contribution is 6.00. The van der Waals surface area contributed by atoms with Gasteiger partial charge in [0.15, 0.2) is 5.60 Å². The van der Waals surface area contributed by atoms with Crippen LogP contribution in [0.2, 0.25) is 0 Å². The summed E-state index contributed by atoms with van der Waals surface area (Å²) in [6.45, 7) is 7.19. The molecule has 0 amide bonds. The van der Waals surface area contributed by atoms with Gasteiger partial charge in [0.1, 0.15) is 12.4 Å². The van der Waals surface area contributed by atoms with Crippen LogP contribution in [0.15, 0.2) is 21.9 Å². The van der Waals surface area contributed by atoms with Gasteiger partial charge in [0.05, 0.1) is 22.7 Å². The normalized spacial score (nSPS) is 22.4. The van der Waals surface area contributed by atoms with Crippen LogP contribution in [-0.4, -0.2) is 21.4 Å². The molecule has 2 aliphatic heterocycles. The van der Waals surface area contributed by atoms with Crippen LogP contribution in [0.25, 0.3) is 0 Å². The number of aliphatic imine (C=N–C) groups is 1. The molecule has 0 fully saturated rings. The minimum Gasteiger partial charge on any atom is -0.458 e. The molecule has 0 unspecified atom stereocenters. The van der Waals surface area contributed by atoms with Gasteiger partial charge >= 0.3 is 5.97 Å². The van der Waals surface area contributed by atoms with Crippen molar-refractivity contribution in [2.75, 3.05) is 0 Å². The Hall–Kier alpha value is -2.80. The maximum absolute atomic E-state index is 14.4. The number of benzene rings is 1. The molecule has 4 rings (SSSR count). The average Bonchev–Trinajstić information content (AvgIpc) is 2.72. The third kappa shape index (κ3) is 2.75. The SMILES string of the molecule is CC[C@@]1(O)C(=O)OCc2c1cc1n(c2=O)CCc2c(C)c(F)cc(c2C)/N=C/1C. The first kappa shape index (κ1) is 19.5. The molecule has 2 bridgehead atoms. The number of nitrogens with zero attached hydrogens (tertiary/aromatic N) is 2. The summed E-state index contributed by atoms with van der Waals surface area (Å²) >= 11 is 0. The van der Waals surface area contributed by atoms with Crippen LogP contribution < -0.4 is 5.56 Å². The number of cyclic esters (lactones) is 1. The van der Waals surface area contributed by atoms with Crippen LogP contribution in [0.1, 0.15) is 53.8 Å². The molecule has 1 N–H and O–H groups in total. The number of carbonyl (C=O) groups excluding carboxylic acids is 1. The van der Waals surface area contributed by atoms with E-state index in [1.165, 1.54) is 6.07 Å². The number of esters is 1. The maximum atomic E-state index is 14.4. The van der Waals surface area contributed by atoms with Crippen molar-refractivity contribution < 1.29 is 19.0 Å². The molecular formula is C22H23FN2O4. The maximum Gasteiger partial charge on any atom is 0.343 e. The predicted molar refractivity (Wildman–Crippen MR) is 106 cm³/mol. The molecule has 1 aromatic heterocycles. The van der Waals surface area contributed by atoms with E-state index >= 15 is 0 Å². The molecule has 1 aromatic carbocycles. The summed E-state index contributed by atoms with van der Waals surface area (Å²) in [4.78, 5) is 30.1. The van der Waals surface area contributed by atoms with E-state index in [1.54, 1.807) is 31.4 Å². The zero-order valence-electron chi connectivity index (χ0n) is 16.9. The summed E-state index contributed by atoms with van der Waals surface area (Å²) in [5.41, 5.74) is 2.18. The second-order valence-electron chi connectivity index (χ2n) is 7.72. The van der Waals surface area contributed by atoms with Crippen LogP contribution in [0.3, 0.4) is 0 Å². The smallest absolute Gasteiger partial charge is 0.343 e. The number of hydrogen-bond donors (Lipinski definition) is 1. The van der Waals surface area contributed by atoms with E-state index in [9.17, 15) is 19.1 Å². The topological polar surface area (TPSA) is 80.9 Å². The van der Waals surface area contributed by atoms with E-state index in [0.717, 1.165) is 11.1 Å². The van der Waals surface area contributed by atoms with Gasteiger partial charge in [-0.2, -0.15) is 0 Å². The lowest BCUT2D eigenvalue weighted by Crippen LogP contribution is -2.45.